The summed E-state index contributed by atoms with van der Waals surface area (Å²) in [4.78, 5) is 11.4. The van der Waals surface area contributed by atoms with Crippen LogP contribution in [-0.2, 0) is 23.7 Å². The molecule has 3 aliphatic rings. The number of ketones is 1. The second-order valence-electron chi connectivity index (χ2n) is 5.20. The quantitative estimate of drug-likeness (QED) is 0.655. The van der Waals surface area contributed by atoms with Gasteiger partial charge in [0.2, 0.25) is 0 Å². The fraction of sp³-hybridized carbons (Fsp3) is 0.909. The maximum atomic E-state index is 11.4. The summed E-state index contributed by atoms with van der Waals surface area (Å²) in [5.74, 6) is -0.714. The van der Waals surface area contributed by atoms with Crippen molar-refractivity contribution in [3.05, 3.63) is 0 Å². The van der Waals surface area contributed by atoms with E-state index in [0.717, 1.165) is 0 Å². The van der Waals surface area contributed by atoms with Crippen molar-refractivity contribution in [2.75, 3.05) is 7.11 Å². The molecule has 6 heteroatoms. The van der Waals surface area contributed by atoms with Crippen LogP contribution in [0, 0.1) is 0 Å². The van der Waals surface area contributed by atoms with Crippen LogP contribution < -0.4 is 0 Å². The second-order valence-corrected chi connectivity index (χ2v) is 5.64. The zero-order valence-corrected chi connectivity index (χ0v) is 10.7. The average molecular weight is 263 g/mol. The number of ether oxygens (including phenoxy) is 4. The van der Waals surface area contributed by atoms with Gasteiger partial charge in [0.15, 0.2) is 17.9 Å². The summed E-state index contributed by atoms with van der Waals surface area (Å²) in [7, 11) is 1.54. The van der Waals surface area contributed by atoms with Gasteiger partial charge >= 0.3 is 0 Å². The minimum Gasteiger partial charge on any atom is -0.353 e. The summed E-state index contributed by atoms with van der Waals surface area (Å²) in [6.07, 6.45) is -0.940. The molecule has 0 aromatic rings. The molecule has 3 fully saturated rings. The van der Waals surface area contributed by atoms with E-state index < -0.39 is 23.1 Å². The van der Waals surface area contributed by atoms with Crippen molar-refractivity contribution in [1.82, 2.24) is 0 Å². The van der Waals surface area contributed by atoms with Gasteiger partial charge in [-0.2, -0.15) is 0 Å². The molecule has 1 saturated carbocycles. The zero-order chi connectivity index (χ0) is 12.4. The van der Waals surface area contributed by atoms with E-state index in [1.807, 2.05) is 13.8 Å². The van der Waals surface area contributed by atoms with Crippen molar-refractivity contribution in [2.45, 2.75) is 55.5 Å². The molecule has 3 rings (SSSR count). The van der Waals surface area contributed by atoms with Gasteiger partial charge in [-0.1, -0.05) is 0 Å². The van der Waals surface area contributed by atoms with E-state index in [9.17, 15) is 4.79 Å². The van der Waals surface area contributed by atoms with Gasteiger partial charge in [-0.05, 0) is 13.8 Å². The Balaban J connectivity index is 1.91. The Labute approximate surface area is 104 Å². The van der Waals surface area contributed by atoms with Crippen molar-refractivity contribution >= 4 is 17.4 Å². The average Bonchev–Trinajstić information content (AvgIpc) is 2.72. The maximum Gasteiger partial charge on any atom is 0.187 e. The number of rotatable bonds is 1. The van der Waals surface area contributed by atoms with Crippen LogP contribution in [0.4, 0.5) is 0 Å². The third-order valence-corrected chi connectivity index (χ3v) is 4.22. The Kier molecular flexibility index (Phi) is 2.39. The SMILES string of the molecule is CO[C@@H]1O[C@@]2(CC(=O)C2Cl)[C@@H]2OC(C)(C)OC12. The van der Waals surface area contributed by atoms with E-state index in [2.05, 4.69) is 0 Å². The Hall–Kier alpha value is -0.200. The molecule has 0 aromatic heterocycles. The van der Waals surface area contributed by atoms with Crippen molar-refractivity contribution < 1.29 is 23.7 Å². The van der Waals surface area contributed by atoms with Crippen molar-refractivity contribution in [3.63, 3.8) is 0 Å². The first kappa shape index (κ1) is 11.9. The molecule has 0 N–H and O–H groups in total. The smallest absolute Gasteiger partial charge is 0.187 e. The monoisotopic (exact) mass is 262 g/mol. The summed E-state index contributed by atoms with van der Waals surface area (Å²) < 4.78 is 22.6. The molecule has 5 nitrogen and oxygen atoms in total. The van der Waals surface area contributed by atoms with Crippen LogP contribution in [0.1, 0.15) is 20.3 Å². The van der Waals surface area contributed by atoms with Gasteiger partial charge < -0.3 is 18.9 Å². The van der Waals surface area contributed by atoms with Gasteiger partial charge in [-0.25, -0.2) is 0 Å². The van der Waals surface area contributed by atoms with Crippen LogP contribution in [0.15, 0.2) is 0 Å². The fourth-order valence-corrected chi connectivity index (χ4v) is 3.17. The predicted molar refractivity (Wildman–Crippen MR) is 57.7 cm³/mol. The highest BCUT2D eigenvalue weighted by Gasteiger charge is 2.71. The van der Waals surface area contributed by atoms with Crippen LogP contribution in [0.2, 0.25) is 0 Å². The highest BCUT2D eigenvalue weighted by molar-refractivity contribution is 6.35. The van der Waals surface area contributed by atoms with Crippen LogP contribution in [0.3, 0.4) is 0 Å². The van der Waals surface area contributed by atoms with Crippen molar-refractivity contribution in [1.29, 1.82) is 0 Å². The molecule has 1 aliphatic carbocycles. The molecule has 0 bridgehead atoms. The predicted octanol–water partition coefficient (Wildman–Crippen LogP) is 0.828. The molecule has 2 unspecified atom stereocenters. The van der Waals surface area contributed by atoms with E-state index in [1.54, 1.807) is 7.11 Å². The molecular formula is C11H15ClO5. The molecule has 0 amide bonds. The first-order chi connectivity index (χ1) is 7.89. The molecule has 96 valence electrons. The number of fused-ring (bicyclic) bond motifs is 2. The lowest BCUT2D eigenvalue weighted by molar-refractivity contribution is -0.258. The molecule has 2 heterocycles. The summed E-state index contributed by atoms with van der Waals surface area (Å²) in [5, 5.41) is -0.673. The highest BCUT2D eigenvalue weighted by Crippen LogP contribution is 2.53. The van der Waals surface area contributed by atoms with Crippen LogP contribution in [0.25, 0.3) is 0 Å². The number of hydrogen-bond donors (Lipinski definition) is 0. The lowest BCUT2D eigenvalue weighted by atomic mass is 9.74. The minimum absolute atomic E-state index is 0.0181. The number of methoxy groups -OCH3 is 1. The van der Waals surface area contributed by atoms with E-state index in [1.165, 1.54) is 0 Å². The zero-order valence-electron chi connectivity index (χ0n) is 9.94. The van der Waals surface area contributed by atoms with Gasteiger partial charge in [-0.3, -0.25) is 4.79 Å². The van der Waals surface area contributed by atoms with Gasteiger partial charge in [-0.15, -0.1) is 11.6 Å². The minimum atomic E-state index is -0.780. The topological polar surface area (TPSA) is 54.0 Å². The van der Waals surface area contributed by atoms with Crippen molar-refractivity contribution in [3.8, 4) is 0 Å². The van der Waals surface area contributed by atoms with Gasteiger partial charge in [0.05, 0.1) is 0 Å². The molecule has 2 saturated heterocycles. The summed E-state index contributed by atoms with van der Waals surface area (Å²) in [6.45, 7) is 3.66. The standard InChI is InChI=1S/C11H15ClO5/c1-10(2)15-6-8(16-10)11(17-9(6)14-3)4-5(13)7(11)12/h6-9H,4H2,1-3H3/t6?,7?,8-,9-,11-/m1/s1. The van der Waals surface area contributed by atoms with E-state index >= 15 is 0 Å². The summed E-state index contributed by atoms with van der Waals surface area (Å²) in [6, 6.07) is 0. The van der Waals surface area contributed by atoms with Crippen molar-refractivity contribution in [2.24, 2.45) is 0 Å². The molecule has 5 atom stereocenters. The van der Waals surface area contributed by atoms with Gasteiger partial charge in [0.25, 0.3) is 0 Å². The number of halogens is 1. The lowest BCUT2D eigenvalue weighted by Gasteiger charge is -2.44. The third kappa shape index (κ3) is 1.43. The Morgan fingerprint density at radius 3 is 2.59 bits per heavy atom. The van der Waals surface area contributed by atoms with Crippen LogP contribution >= 0.6 is 11.6 Å². The summed E-state index contributed by atoms with van der Waals surface area (Å²) in [5.41, 5.74) is -0.780. The number of hydrogen-bond acceptors (Lipinski definition) is 5. The maximum absolute atomic E-state index is 11.4. The molecule has 0 aromatic carbocycles. The van der Waals surface area contributed by atoms with E-state index in [0.29, 0.717) is 0 Å². The molecule has 1 spiro atoms. The van der Waals surface area contributed by atoms with Gasteiger partial charge in [0.1, 0.15) is 23.2 Å². The number of carbonyl (C=O) groups is 1. The Morgan fingerprint density at radius 2 is 2.06 bits per heavy atom. The highest BCUT2D eigenvalue weighted by atomic mass is 35.5. The van der Waals surface area contributed by atoms with Crippen LogP contribution in [0.5, 0.6) is 0 Å². The molecule has 0 radical (unpaired) electrons. The number of alkyl halides is 1. The lowest BCUT2D eigenvalue weighted by Crippen LogP contribution is -2.63. The van der Waals surface area contributed by atoms with Crippen LogP contribution in [-0.4, -0.2) is 48.2 Å². The Morgan fingerprint density at radius 1 is 1.35 bits per heavy atom. The largest absolute Gasteiger partial charge is 0.353 e. The molecule has 2 aliphatic heterocycles. The van der Waals surface area contributed by atoms with E-state index in [4.69, 9.17) is 30.5 Å². The van der Waals surface area contributed by atoms with Gasteiger partial charge in [0, 0.05) is 13.5 Å². The first-order valence-corrected chi connectivity index (χ1v) is 6.06. The molecular weight excluding hydrogens is 248 g/mol. The first-order valence-electron chi connectivity index (χ1n) is 5.63. The third-order valence-electron chi connectivity index (χ3n) is 3.61. The number of Topliss-reactive ketones (excluding diaryl/α,β-unsaturated/α-hetero) is 1. The summed E-state index contributed by atoms with van der Waals surface area (Å²) >= 11 is 6.08. The second kappa shape index (κ2) is 3.42. The molecule has 17 heavy (non-hydrogen) atoms. The Bertz CT molecular complexity index is 371. The number of carbonyl (C=O) groups excluding carboxylic acids is 1. The fourth-order valence-electron chi connectivity index (χ4n) is 2.84. The van der Waals surface area contributed by atoms with E-state index in [-0.39, 0.29) is 24.4 Å². The normalized spacial score (nSPS) is 51.6.